The van der Waals surface area contributed by atoms with E-state index in [1.165, 1.54) is 35.0 Å². The van der Waals surface area contributed by atoms with Gasteiger partial charge in [-0.3, -0.25) is 14.6 Å². The smallest absolute Gasteiger partial charge is 0.318 e. The summed E-state index contributed by atoms with van der Waals surface area (Å²) in [7, 11) is 1.55. The van der Waals surface area contributed by atoms with Crippen LogP contribution in [0.2, 0.25) is 0 Å². The van der Waals surface area contributed by atoms with Crippen LogP contribution < -0.4 is 5.56 Å². The maximum atomic E-state index is 12.9. The molecule has 1 aromatic carbocycles. The summed E-state index contributed by atoms with van der Waals surface area (Å²) in [6.45, 7) is 1.84. The van der Waals surface area contributed by atoms with E-state index >= 15 is 0 Å². The number of aromatic nitrogens is 2. The molecule has 0 unspecified atom stereocenters. The second kappa shape index (κ2) is 8.03. The van der Waals surface area contributed by atoms with Gasteiger partial charge in [0.1, 0.15) is 0 Å². The molecule has 0 aliphatic rings. The summed E-state index contributed by atoms with van der Waals surface area (Å²) in [5.74, 6) is -0.737. The number of nitrogens with zero attached hydrogens (tertiary/aromatic N) is 2. The average molecular weight is 400 g/mol. The highest BCUT2D eigenvalue weighted by Gasteiger charge is 2.31. The highest BCUT2D eigenvalue weighted by atomic mass is 19.4. The highest BCUT2D eigenvalue weighted by Crippen LogP contribution is 2.34. The van der Waals surface area contributed by atoms with Gasteiger partial charge in [-0.2, -0.15) is 13.2 Å². The minimum atomic E-state index is -4.43. The van der Waals surface area contributed by atoms with E-state index in [0.29, 0.717) is 16.8 Å². The van der Waals surface area contributed by atoms with Crippen molar-refractivity contribution in [2.24, 2.45) is 7.05 Å². The standard InChI is InChI=1S/C22H19F3N2O2/c1-14-4-3-11-26-21(14)18(15-5-8-17(9-6-15)22(23,24)25)12-19(28)16-7-10-20(29)27(2)13-16/h3-11,13,18H,12H2,1-2H3/t18-/m0/s1. The molecule has 0 saturated heterocycles. The first-order valence-corrected chi connectivity index (χ1v) is 8.95. The quantitative estimate of drug-likeness (QED) is 0.592. The van der Waals surface area contributed by atoms with Crippen molar-refractivity contribution in [3.63, 3.8) is 0 Å². The number of halogens is 3. The lowest BCUT2D eigenvalue weighted by atomic mass is 9.86. The molecule has 0 aliphatic carbocycles. The first-order valence-electron chi connectivity index (χ1n) is 8.95. The molecule has 0 radical (unpaired) electrons. The Morgan fingerprint density at radius 3 is 2.38 bits per heavy atom. The van der Waals surface area contributed by atoms with Crippen LogP contribution in [-0.4, -0.2) is 15.3 Å². The number of carbonyl (C=O) groups excluding carboxylic acids is 1. The molecule has 7 heteroatoms. The van der Waals surface area contributed by atoms with Crippen LogP contribution in [0, 0.1) is 6.92 Å². The largest absolute Gasteiger partial charge is 0.416 e. The van der Waals surface area contributed by atoms with Gasteiger partial charge in [-0.1, -0.05) is 18.2 Å². The Bertz CT molecular complexity index is 1090. The SMILES string of the molecule is Cc1cccnc1[C@@H](CC(=O)c1ccc(=O)n(C)c1)c1ccc(C(F)(F)F)cc1. The van der Waals surface area contributed by atoms with Crippen LogP contribution in [0.1, 0.15) is 45.1 Å². The van der Waals surface area contributed by atoms with Crippen molar-refractivity contribution in [2.45, 2.75) is 25.4 Å². The third-order valence-corrected chi connectivity index (χ3v) is 4.82. The van der Waals surface area contributed by atoms with Crippen LogP contribution in [0.5, 0.6) is 0 Å². The molecule has 0 N–H and O–H groups in total. The van der Waals surface area contributed by atoms with Gasteiger partial charge in [0.2, 0.25) is 5.56 Å². The molecule has 3 rings (SSSR count). The van der Waals surface area contributed by atoms with E-state index in [1.54, 1.807) is 19.3 Å². The molecule has 150 valence electrons. The van der Waals surface area contributed by atoms with Crippen molar-refractivity contribution in [1.82, 2.24) is 9.55 Å². The van der Waals surface area contributed by atoms with Crippen molar-refractivity contribution in [2.75, 3.05) is 0 Å². The normalized spacial score (nSPS) is 12.6. The predicted molar refractivity (Wildman–Crippen MR) is 103 cm³/mol. The van der Waals surface area contributed by atoms with Gasteiger partial charge < -0.3 is 4.57 Å². The number of Topliss-reactive ketones (excluding diaryl/α,β-unsaturated/α-hetero) is 1. The lowest BCUT2D eigenvalue weighted by molar-refractivity contribution is -0.137. The summed E-state index contributed by atoms with van der Waals surface area (Å²) >= 11 is 0. The predicted octanol–water partition coefficient (Wildman–Crippen LogP) is 4.51. The molecule has 1 atom stereocenters. The Morgan fingerprint density at radius 2 is 1.79 bits per heavy atom. The minimum Gasteiger partial charge on any atom is -0.318 e. The van der Waals surface area contributed by atoms with Crippen molar-refractivity contribution in [1.29, 1.82) is 0 Å². The van der Waals surface area contributed by atoms with E-state index < -0.39 is 17.7 Å². The zero-order chi connectivity index (χ0) is 21.2. The number of hydrogen-bond donors (Lipinski definition) is 0. The van der Waals surface area contributed by atoms with Crippen molar-refractivity contribution >= 4 is 5.78 Å². The first kappa shape index (κ1) is 20.5. The first-order chi connectivity index (χ1) is 13.7. The van der Waals surface area contributed by atoms with E-state index in [-0.39, 0.29) is 17.8 Å². The Labute approximate surface area is 165 Å². The average Bonchev–Trinajstić information content (AvgIpc) is 2.68. The minimum absolute atomic E-state index is 0.0153. The van der Waals surface area contributed by atoms with Gasteiger partial charge in [0.15, 0.2) is 5.78 Å². The zero-order valence-corrected chi connectivity index (χ0v) is 15.9. The third kappa shape index (κ3) is 4.62. The van der Waals surface area contributed by atoms with Crippen LogP contribution in [0.25, 0.3) is 0 Å². The van der Waals surface area contributed by atoms with Crippen molar-refractivity contribution in [3.8, 4) is 0 Å². The van der Waals surface area contributed by atoms with Gasteiger partial charge in [0.05, 0.1) is 11.3 Å². The molecule has 0 spiro atoms. The number of rotatable bonds is 5. The molecule has 29 heavy (non-hydrogen) atoms. The number of benzene rings is 1. The topological polar surface area (TPSA) is 52.0 Å². The Balaban J connectivity index is 2.00. The number of ketones is 1. The maximum Gasteiger partial charge on any atom is 0.416 e. The van der Waals surface area contributed by atoms with Crippen LogP contribution in [0.4, 0.5) is 13.2 Å². The number of pyridine rings is 2. The Hall–Kier alpha value is -3.22. The monoisotopic (exact) mass is 400 g/mol. The molecule has 0 aliphatic heterocycles. The number of carbonyl (C=O) groups is 1. The van der Waals surface area contributed by atoms with E-state index in [0.717, 1.165) is 17.7 Å². The number of hydrogen-bond acceptors (Lipinski definition) is 3. The van der Waals surface area contributed by atoms with Crippen LogP contribution in [0.15, 0.2) is 65.7 Å². The molecule has 0 fully saturated rings. The molecule has 4 nitrogen and oxygen atoms in total. The molecular formula is C22H19F3N2O2. The highest BCUT2D eigenvalue weighted by molar-refractivity contribution is 5.96. The van der Waals surface area contributed by atoms with E-state index in [1.807, 2.05) is 13.0 Å². The summed E-state index contributed by atoms with van der Waals surface area (Å²) in [4.78, 5) is 28.8. The van der Waals surface area contributed by atoms with Gasteiger partial charge in [-0.15, -0.1) is 0 Å². The second-order valence-electron chi connectivity index (χ2n) is 6.87. The van der Waals surface area contributed by atoms with Gasteiger partial charge in [0.25, 0.3) is 0 Å². The van der Waals surface area contributed by atoms with E-state index in [2.05, 4.69) is 4.98 Å². The molecule has 0 saturated carbocycles. The maximum absolute atomic E-state index is 12.9. The van der Waals surface area contributed by atoms with Gasteiger partial charge in [0, 0.05) is 43.4 Å². The molecule has 0 amide bonds. The Morgan fingerprint density at radius 1 is 1.10 bits per heavy atom. The van der Waals surface area contributed by atoms with Crippen LogP contribution >= 0.6 is 0 Å². The fourth-order valence-corrected chi connectivity index (χ4v) is 3.20. The van der Waals surface area contributed by atoms with Crippen molar-refractivity contribution in [3.05, 3.63) is 99.2 Å². The van der Waals surface area contributed by atoms with Gasteiger partial charge in [-0.05, 0) is 42.3 Å². The number of aryl methyl sites for hydroxylation is 2. The van der Waals surface area contributed by atoms with Gasteiger partial charge in [-0.25, -0.2) is 0 Å². The molecule has 0 bridgehead atoms. The molecule has 2 aromatic heterocycles. The fourth-order valence-electron chi connectivity index (χ4n) is 3.20. The van der Waals surface area contributed by atoms with E-state index in [9.17, 15) is 22.8 Å². The summed E-state index contributed by atoms with van der Waals surface area (Å²) in [6, 6.07) is 11.2. The summed E-state index contributed by atoms with van der Waals surface area (Å²) < 4.78 is 40.1. The number of alkyl halides is 3. The van der Waals surface area contributed by atoms with Gasteiger partial charge >= 0.3 is 6.18 Å². The van der Waals surface area contributed by atoms with Crippen LogP contribution in [-0.2, 0) is 13.2 Å². The summed E-state index contributed by atoms with van der Waals surface area (Å²) in [5, 5.41) is 0. The lowest BCUT2D eigenvalue weighted by Gasteiger charge is -2.19. The van der Waals surface area contributed by atoms with Crippen molar-refractivity contribution < 1.29 is 18.0 Å². The molecular weight excluding hydrogens is 381 g/mol. The molecule has 3 aromatic rings. The Kier molecular flexibility index (Phi) is 5.68. The lowest BCUT2D eigenvalue weighted by Crippen LogP contribution is -2.18. The summed E-state index contributed by atoms with van der Waals surface area (Å²) in [6.07, 6.45) is -1.36. The summed E-state index contributed by atoms with van der Waals surface area (Å²) in [5.41, 5.74) is 1.41. The van der Waals surface area contributed by atoms with E-state index in [4.69, 9.17) is 0 Å². The second-order valence-corrected chi connectivity index (χ2v) is 6.87. The molecule has 2 heterocycles. The third-order valence-electron chi connectivity index (χ3n) is 4.82. The fraction of sp³-hybridized carbons (Fsp3) is 0.227. The zero-order valence-electron chi connectivity index (χ0n) is 15.9. The van der Waals surface area contributed by atoms with Crippen LogP contribution in [0.3, 0.4) is 0 Å².